The van der Waals surface area contributed by atoms with E-state index in [0.717, 1.165) is 41.7 Å². The lowest BCUT2D eigenvalue weighted by Gasteiger charge is -2.19. The Morgan fingerprint density at radius 2 is 1.95 bits per heavy atom. The zero-order valence-electron chi connectivity index (χ0n) is 13.7. The van der Waals surface area contributed by atoms with Crippen LogP contribution in [-0.4, -0.2) is 23.6 Å². The number of unbranched alkanes of at least 4 members (excludes halogenated alkanes) is 1. The second kappa shape index (κ2) is 7.45. The number of aromatic nitrogens is 2. The van der Waals surface area contributed by atoms with Gasteiger partial charge in [-0.3, -0.25) is 0 Å². The fourth-order valence-electron chi connectivity index (χ4n) is 2.19. The van der Waals surface area contributed by atoms with Gasteiger partial charge >= 0.3 is 0 Å². The quantitative estimate of drug-likeness (QED) is 0.836. The summed E-state index contributed by atoms with van der Waals surface area (Å²) >= 11 is 6.07. The van der Waals surface area contributed by atoms with Gasteiger partial charge in [0.25, 0.3) is 0 Å². The topological polar surface area (TPSA) is 41.0 Å². The molecule has 0 aliphatic heterocycles. The van der Waals surface area contributed by atoms with Crippen LogP contribution in [0.2, 0.25) is 5.02 Å². The van der Waals surface area contributed by atoms with Crippen LogP contribution in [0.3, 0.4) is 0 Å². The van der Waals surface area contributed by atoms with Crippen molar-refractivity contribution in [1.82, 2.24) is 9.97 Å². The number of halogens is 1. The smallest absolute Gasteiger partial charge is 0.136 e. The molecule has 0 amide bonds. The number of benzene rings is 1. The van der Waals surface area contributed by atoms with Gasteiger partial charge in [-0.15, -0.1) is 0 Å². The lowest BCUT2D eigenvalue weighted by molar-refractivity contribution is 0.756. The van der Waals surface area contributed by atoms with Crippen molar-refractivity contribution >= 4 is 28.9 Å². The van der Waals surface area contributed by atoms with E-state index in [1.807, 2.05) is 38.1 Å². The Hall–Kier alpha value is -1.81. The summed E-state index contributed by atoms with van der Waals surface area (Å²) in [5, 5.41) is 4.05. The molecule has 1 N–H and O–H groups in total. The van der Waals surface area contributed by atoms with Gasteiger partial charge in [-0.25, -0.2) is 9.97 Å². The molecule has 0 radical (unpaired) electrons. The molecule has 4 nitrogen and oxygen atoms in total. The molecular formula is C17H23ClN4. The molecular weight excluding hydrogens is 296 g/mol. The molecule has 22 heavy (non-hydrogen) atoms. The number of hydrogen-bond donors (Lipinski definition) is 1. The Bertz CT molecular complexity index is 643. The summed E-state index contributed by atoms with van der Waals surface area (Å²) in [6, 6.07) is 7.77. The average molecular weight is 319 g/mol. The minimum Gasteiger partial charge on any atom is -0.360 e. The summed E-state index contributed by atoms with van der Waals surface area (Å²) in [5.41, 5.74) is 2.09. The van der Waals surface area contributed by atoms with Crippen LogP contribution < -0.4 is 10.2 Å². The van der Waals surface area contributed by atoms with Gasteiger partial charge in [-0.2, -0.15) is 0 Å². The first-order chi connectivity index (χ1) is 10.5. The van der Waals surface area contributed by atoms with Crippen LogP contribution in [0.5, 0.6) is 0 Å². The minimum atomic E-state index is 0.708. The minimum absolute atomic E-state index is 0.708. The zero-order chi connectivity index (χ0) is 16.1. The van der Waals surface area contributed by atoms with Crippen molar-refractivity contribution in [3.63, 3.8) is 0 Å². The van der Waals surface area contributed by atoms with Crippen LogP contribution >= 0.6 is 11.6 Å². The van der Waals surface area contributed by atoms with Crippen LogP contribution in [-0.2, 0) is 0 Å². The molecule has 0 aliphatic rings. The van der Waals surface area contributed by atoms with E-state index < -0.39 is 0 Å². The maximum absolute atomic E-state index is 6.07. The summed E-state index contributed by atoms with van der Waals surface area (Å²) < 4.78 is 0. The first-order valence-corrected chi connectivity index (χ1v) is 7.97. The number of rotatable bonds is 6. The molecule has 0 aliphatic carbocycles. The van der Waals surface area contributed by atoms with Gasteiger partial charge in [-0.1, -0.05) is 31.0 Å². The molecule has 0 atom stereocenters. The molecule has 0 unspecified atom stereocenters. The fraction of sp³-hybridized carbons (Fsp3) is 0.412. The predicted octanol–water partition coefficient (Wildman–Crippen LogP) is 4.73. The molecule has 1 aromatic carbocycles. The highest BCUT2D eigenvalue weighted by Crippen LogP contribution is 2.25. The second-order valence-electron chi connectivity index (χ2n) is 5.52. The van der Waals surface area contributed by atoms with Gasteiger partial charge < -0.3 is 10.2 Å². The lowest BCUT2D eigenvalue weighted by Crippen LogP contribution is -2.20. The third-order valence-electron chi connectivity index (χ3n) is 3.52. The van der Waals surface area contributed by atoms with E-state index >= 15 is 0 Å². The van der Waals surface area contributed by atoms with Crippen molar-refractivity contribution in [3.05, 3.63) is 40.7 Å². The highest BCUT2D eigenvalue weighted by molar-refractivity contribution is 6.30. The highest BCUT2D eigenvalue weighted by Gasteiger charge is 2.08. The number of anilines is 3. The molecule has 118 valence electrons. The summed E-state index contributed by atoms with van der Waals surface area (Å²) in [4.78, 5) is 11.1. The van der Waals surface area contributed by atoms with E-state index in [9.17, 15) is 0 Å². The van der Waals surface area contributed by atoms with Crippen molar-refractivity contribution in [1.29, 1.82) is 0 Å². The van der Waals surface area contributed by atoms with Crippen LogP contribution in [0, 0.1) is 13.8 Å². The summed E-state index contributed by atoms with van der Waals surface area (Å²) in [6.07, 6.45) is 2.32. The molecule has 5 heteroatoms. The highest BCUT2D eigenvalue weighted by atomic mass is 35.5. The van der Waals surface area contributed by atoms with E-state index in [2.05, 4.69) is 34.2 Å². The van der Waals surface area contributed by atoms with Crippen LogP contribution in [0.4, 0.5) is 17.3 Å². The Balaban J connectivity index is 2.24. The average Bonchev–Trinajstić information content (AvgIpc) is 2.48. The van der Waals surface area contributed by atoms with Crippen molar-refractivity contribution in [2.24, 2.45) is 0 Å². The van der Waals surface area contributed by atoms with Gasteiger partial charge in [0.05, 0.1) is 0 Å². The SMILES string of the molecule is CCCCN(C)c1cc(Nc2cc(Cl)ccc2C)nc(C)n1. The molecule has 0 bridgehead atoms. The van der Waals surface area contributed by atoms with Crippen LogP contribution in [0.15, 0.2) is 24.3 Å². The molecule has 1 aromatic heterocycles. The summed E-state index contributed by atoms with van der Waals surface area (Å²) in [5.74, 6) is 2.47. The largest absolute Gasteiger partial charge is 0.360 e. The van der Waals surface area contributed by atoms with Crippen LogP contribution in [0.25, 0.3) is 0 Å². The number of nitrogens with one attached hydrogen (secondary N) is 1. The standard InChI is InChI=1S/C17H23ClN4/c1-5-6-9-22(4)17-11-16(19-13(3)20-17)21-15-10-14(18)8-7-12(15)2/h7-8,10-11H,5-6,9H2,1-4H3,(H,19,20,21). The third kappa shape index (κ3) is 4.34. The molecule has 2 aromatic rings. The maximum atomic E-state index is 6.07. The van der Waals surface area contributed by atoms with Crippen molar-refractivity contribution < 1.29 is 0 Å². The Labute approximate surface area is 137 Å². The van der Waals surface area contributed by atoms with Gasteiger partial charge in [0.1, 0.15) is 17.5 Å². The Morgan fingerprint density at radius 3 is 2.68 bits per heavy atom. The number of hydrogen-bond acceptors (Lipinski definition) is 4. The molecule has 0 saturated carbocycles. The van der Waals surface area contributed by atoms with Gasteiger partial charge in [-0.05, 0) is 38.0 Å². The Kier molecular flexibility index (Phi) is 5.61. The van der Waals surface area contributed by atoms with Gasteiger partial charge in [0, 0.05) is 30.4 Å². The summed E-state index contributed by atoms with van der Waals surface area (Å²) in [6.45, 7) is 7.13. The second-order valence-corrected chi connectivity index (χ2v) is 5.95. The first kappa shape index (κ1) is 16.6. The Morgan fingerprint density at radius 1 is 1.18 bits per heavy atom. The van der Waals surface area contributed by atoms with E-state index in [1.54, 1.807) is 0 Å². The van der Waals surface area contributed by atoms with E-state index in [1.165, 1.54) is 6.42 Å². The van der Waals surface area contributed by atoms with Gasteiger partial charge in [0.2, 0.25) is 0 Å². The van der Waals surface area contributed by atoms with E-state index in [0.29, 0.717) is 5.02 Å². The molecule has 1 heterocycles. The number of nitrogens with zero attached hydrogens (tertiary/aromatic N) is 3. The predicted molar refractivity (Wildman–Crippen MR) is 94.4 cm³/mol. The van der Waals surface area contributed by atoms with E-state index in [4.69, 9.17) is 11.6 Å². The molecule has 0 spiro atoms. The van der Waals surface area contributed by atoms with Crippen molar-refractivity contribution in [2.75, 3.05) is 23.8 Å². The summed E-state index contributed by atoms with van der Waals surface area (Å²) in [7, 11) is 2.06. The normalized spacial score (nSPS) is 10.6. The zero-order valence-corrected chi connectivity index (χ0v) is 14.4. The van der Waals surface area contributed by atoms with Gasteiger partial charge in [0.15, 0.2) is 0 Å². The molecule has 2 rings (SSSR count). The molecule has 0 fully saturated rings. The maximum Gasteiger partial charge on any atom is 0.136 e. The van der Waals surface area contributed by atoms with Crippen molar-refractivity contribution in [2.45, 2.75) is 33.6 Å². The molecule has 0 saturated heterocycles. The number of aryl methyl sites for hydroxylation is 2. The monoisotopic (exact) mass is 318 g/mol. The third-order valence-corrected chi connectivity index (χ3v) is 3.76. The van der Waals surface area contributed by atoms with E-state index in [-0.39, 0.29) is 0 Å². The van der Waals surface area contributed by atoms with Crippen LogP contribution in [0.1, 0.15) is 31.2 Å². The lowest BCUT2D eigenvalue weighted by atomic mass is 10.2. The fourth-order valence-corrected chi connectivity index (χ4v) is 2.36. The van der Waals surface area contributed by atoms with Crippen molar-refractivity contribution in [3.8, 4) is 0 Å². The first-order valence-electron chi connectivity index (χ1n) is 7.59.